The zero-order chi connectivity index (χ0) is 22.7. The number of rotatable bonds is 6. The molecule has 0 aromatic heterocycles. The Morgan fingerprint density at radius 2 is 1.78 bits per heavy atom. The van der Waals surface area contributed by atoms with Gasteiger partial charge in [0, 0.05) is 13.1 Å². The number of nitrogens with one attached hydrogen (secondary N) is 1. The van der Waals surface area contributed by atoms with Gasteiger partial charge in [-0.05, 0) is 60.4 Å². The van der Waals surface area contributed by atoms with Crippen molar-refractivity contribution in [1.82, 2.24) is 9.62 Å². The highest BCUT2D eigenvalue weighted by Crippen LogP contribution is 2.27. The summed E-state index contributed by atoms with van der Waals surface area (Å²) in [4.78, 5) is 13.2. The zero-order valence-electron chi connectivity index (χ0n) is 18.3. The van der Waals surface area contributed by atoms with Crippen LogP contribution in [-0.4, -0.2) is 38.8 Å². The standard InChI is InChI=1S/C25H28N2O4S/c1-18(19-9-12-23(31-2)13-10-19)26-25(28)22-8-5-15-27(17-22)32(29,30)24-14-11-20-6-3-4-7-21(20)16-24/h3-4,6-7,9-14,16,18,22H,5,8,15,17H2,1-2H3,(H,26,28). The molecule has 32 heavy (non-hydrogen) atoms. The van der Waals surface area contributed by atoms with Crippen LogP contribution in [0.15, 0.2) is 71.6 Å². The molecule has 1 fully saturated rings. The Kier molecular flexibility index (Phi) is 6.48. The van der Waals surface area contributed by atoms with Crippen LogP contribution in [-0.2, 0) is 14.8 Å². The predicted octanol–water partition coefficient (Wildman–Crippen LogP) is 4.13. The van der Waals surface area contributed by atoms with E-state index in [1.807, 2.05) is 61.5 Å². The van der Waals surface area contributed by atoms with Crippen LogP contribution in [0.25, 0.3) is 10.8 Å². The van der Waals surface area contributed by atoms with Gasteiger partial charge < -0.3 is 10.1 Å². The van der Waals surface area contributed by atoms with Gasteiger partial charge in [0.1, 0.15) is 5.75 Å². The number of hydrogen-bond acceptors (Lipinski definition) is 4. The van der Waals surface area contributed by atoms with Crippen molar-refractivity contribution in [3.05, 3.63) is 72.3 Å². The van der Waals surface area contributed by atoms with E-state index in [0.717, 1.165) is 22.1 Å². The second kappa shape index (κ2) is 9.30. The molecule has 3 aromatic rings. The molecule has 0 aliphatic carbocycles. The molecule has 1 aliphatic heterocycles. The van der Waals surface area contributed by atoms with Crippen molar-refractivity contribution in [2.45, 2.75) is 30.7 Å². The summed E-state index contributed by atoms with van der Waals surface area (Å²) in [5.41, 5.74) is 0.968. The summed E-state index contributed by atoms with van der Waals surface area (Å²) in [6.07, 6.45) is 1.33. The first-order valence-electron chi connectivity index (χ1n) is 10.8. The third-order valence-electron chi connectivity index (χ3n) is 6.09. The van der Waals surface area contributed by atoms with Gasteiger partial charge in [0.25, 0.3) is 0 Å². The van der Waals surface area contributed by atoms with E-state index in [0.29, 0.717) is 19.4 Å². The number of ether oxygens (including phenoxy) is 1. The van der Waals surface area contributed by atoms with Gasteiger partial charge >= 0.3 is 0 Å². The summed E-state index contributed by atoms with van der Waals surface area (Å²) in [5.74, 6) is 0.264. The first kappa shape index (κ1) is 22.3. The summed E-state index contributed by atoms with van der Waals surface area (Å²) in [7, 11) is -2.06. The Hall–Kier alpha value is -2.90. The zero-order valence-corrected chi connectivity index (χ0v) is 19.1. The third kappa shape index (κ3) is 4.64. The van der Waals surface area contributed by atoms with Gasteiger partial charge in [-0.3, -0.25) is 4.79 Å². The van der Waals surface area contributed by atoms with Crippen LogP contribution in [0, 0.1) is 5.92 Å². The third-order valence-corrected chi connectivity index (χ3v) is 7.95. The molecule has 7 heteroatoms. The molecule has 4 rings (SSSR count). The van der Waals surface area contributed by atoms with Crippen molar-refractivity contribution in [2.24, 2.45) is 5.92 Å². The summed E-state index contributed by atoms with van der Waals surface area (Å²) in [6.45, 7) is 2.54. The van der Waals surface area contributed by atoms with E-state index in [2.05, 4.69) is 5.32 Å². The molecule has 1 amide bonds. The van der Waals surface area contributed by atoms with Crippen LogP contribution in [0.1, 0.15) is 31.4 Å². The fourth-order valence-electron chi connectivity index (χ4n) is 4.16. The van der Waals surface area contributed by atoms with Gasteiger partial charge in [-0.15, -0.1) is 0 Å². The first-order chi connectivity index (χ1) is 15.4. The van der Waals surface area contributed by atoms with Gasteiger partial charge in [-0.1, -0.05) is 42.5 Å². The average molecular weight is 453 g/mol. The van der Waals surface area contributed by atoms with Gasteiger partial charge in [0.05, 0.1) is 24.0 Å². The number of sulfonamides is 1. The minimum Gasteiger partial charge on any atom is -0.497 e. The molecule has 168 valence electrons. The Morgan fingerprint density at radius 3 is 2.50 bits per heavy atom. The van der Waals surface area contributed by atoms with E-state index in [-0.39, 0.29) is 29.3 Å². The first-order valence-corrected chi connectivity index (χ1v) is 12.3. The van der Waals surface area contributed by atoms with Gasteiger partial charge in [0.15, 0.2) is 0 Å². The maximum absolute atomic E-state index is 13.3. The molecule has 2 atom stereocenters. The molecule has 1 saturated heterocycles. The van der Waals surface area contributed by atoms with E-state index in [4.69, 9.17) is 4.74 Å². The summed E-state index contributed by atoms with van der Waals surface area (Å²) >= 11 is 0. The number of piperidine rings is 1. The highest BCUT2D eigenvalue weighted by molar-refractivity contribution is 7.89. The van der Waals surface area contributed by atoms with Crippen molar-refractivity contribution >= 4 is 26.7 Å². The lowest BCUT2D eigenvalue weighted by Gasteiger charge is -2.32. The molecular formula is C25H28N2O4S. The Balaban J connectivity index is 1.46. The number of hydrogen-bond donors (Lipinski definition) is 1. The van der Waals surface area contributed by atoms with Crippen LogP contribution >= 0.6 is 0 Å². The molecule has 3 aromatic carbocycles. The Bertz CT molecular complexity index is 1210. The minimum atomic E-state index is -3.67. The number of amides is 1. The molecule has 6 nitrogen and oxygen atoms in total. The molecule has 2 unspecified atom stereocenters. The molecule has 0 radical (unpaired) electrons. The molecular weight excluding hydrogens is 424 g/mol. The Morgan fingerprint density at radius 1 is 1.06 bits per heavy atom. The SMILES string of the molecule is COc1ccc(C(C)NC(=O)C2CCCN(S(=O)(=O)c3ccc4ccccc4c3)C2)cc1. The molecule has 1 heterocycles. The van der Waals surface area contributed by atoms with E-state index in [1.165, 1.54) is 4.31 Å². The van der Waals surface area contributed by atoms with Gasteiger partial charge in [-0.25, -0.2) is 8.42 Å². The van der Waals surface area contributed by atoms with E-state index in [9.17, 15) is 13.2 Å². The van der Waals surface area contributed by atoms with Crippen LogP contribution in [0.5, 0.6) is 5.75 Å². The van der Waals surface area contributed by atoms with Crippen molar-refractivity contribution in [1.29, 1.82) is 0 Å². The highest BCUT2D eigenvalue weighted by atomic mass is 32.2. The number of carbonyl (C=O) groups excluding carboxylic acids is 1. The maximum Gasteiger partial charge on any atom is 0.243 e. The largest absolute Gasteiger partial charge is 0.497 e. The quantitative estimate of drug-likeness (QED) is 0.610. The van der Waals surface area contributed by atoms with E-state index < -0.39 is 10.0 Å². The van der Waals surface area contributed by atoms with Crippen LogP contribution in [0.2, 0.25) is 0 Å². The molecule has 1 aliphatic rings. The number of benzene rings is 3. The lowest BCUT2D eigenvalue weighted by Crippen LogP contribution is -2.45. The second-order valence-corrected chi connectivity index (χ2v) is 10.2. The van der Waals surface area contributed by atoms with Crippen LogP contribution < -0.4 is 10.1 Å². The van der Waals surface area contributed by atoms with E-state index >= 15 is 0 Å². The predicted molar refractivity (Wildman–Crippen MR) is 125 cm³/mol. The van der Waals surface area contributed by atoms with Crippen LogP contribution in [0.3, 0.4) is 0 Å². The van der Waals surface area contributed by atoms with Crippen molar-refractivity contribution < 1.29 is 17.9 Å². The van der Waals surface area contributed by atoms with Gasteiger partial charge in [0.2, 0.25) is 15.9 Å². The molecule has 0 bridgehead atoms. The van der Waals surface area contributed by atoms with E-state index in [1.54, 1.807) is 19.2 Å². The number of fused-ring (bicyclic) bond motifs is 1. The second-order valence-electron chi connectivity index (χ2n) is 8.21. The summed E-state index contributed by atoms with van der Waals surface area (Å²) in [5, 5.41) is 4.92. The number of nitrogens with zero attached hydrogens (tertiary/aromatic N) is 1. The highest BCUT2D eigenvalue weighted by Gasteiger charge is 2.33. The Labute approximate surface area is 189 Å². The monoisotopic (exact) mass is 452 g/mol. The fraction of sp³-hybridized carbons (Fsp3) is 0.320. The van der Waals surface area contributed by atoms with Gasteiger partial charge in [-0.2, -0.15) is 4.31 Å². The lowest BCUT2D eigenvalue weighted by atomic mass is 9.98. The molecule has 0 spiro atoms. The summed E-state index contributed by atoms with van der Waals surface area (Å²) in [6, 6.07) is 20.2. The molecule has 1 N–H and O–H groups in total. The van der Waals surface area contributed by atoms with Crippen molar-refractivity contribution in [3.63, 3.8) is 0 Å². The fourth-order valence-corrected chi connectivity index (χ4v) is 5.72. The van der Waals surface area contributed by atoms with Crippen LogP contribution in [0.4, 0.5) is 0 Å². The topological polar surface area (TPSA) is 75.7 Å². The summed E-state index contributed by atoms with van der Waals surface area (Å²) < 4.78 is 33.2. The van der Waals surface area contributed by atoms with Crippen molar-refractivity contribution in [2.75, 3.05) is 20.2 Å². The number of carbonyl (C=O) groups is 1. The maximum atomic E-state index is 13.3. The average Bonchev–Trinajstić information content (AvgIpc) is 2.83. The normalized spacial score (nSPS) is 18.2. The number of methoxy groups -OCH3 is 1. The van der Waals surface area contributed by atoms with Crippen molar-refractivity contribution in [3.8, 4) is 5.75 Å². The lowest BCUT2D eigenvalue weighted by molar-refractivity contribution is -0.126. The smallest absolute Gasteiger partial charge is 0.243 e. The molecule has 0 saturated carbocycles. The minimum absolute atomic E-state index is 0.119.